The predicted molar refractivity (Wildman–Crippen MR) is 90.9 cm³/mol. The van der Waals surface area contributed by atoms with Crippen LogP contribution in [0.1, 0.15) is 11.6 Å². The Balaban J connectivity index is 1.62. The minimum atomic E-state index is -3.58. The van der Waals surface area contributed by atoms with Crippen molar-refractivity contribution in [1.82, 2.24) is 34.2 Å². The number of rotatable bonds is 7. The van der Waals surface area contributed by atoms with Crippen molar-refractivity contribution in [1.29, 1.82) is 0 Å². The van der Waals surface area contributed by atoms with E-state index in [0.29, 0.717) is 24.0 Å². The molecule has 0 spiro atoms. The summed E-state index contributed by atoms with van der Waals surface area (Å²) in [5.74, 6) is 2.72. The normalized spacial score (nSPS) is 11.6. The Morgan fingerprint density at radius 3 is 2.76 bits per heavy atom. The van der Waals surface area contributed by atoms with Crippen molar-refractivity contribution in [2.75, 3.05) is 18.4 Å². The van der Waals surface area contributed by atoms with Crippen LogP contribution in [-0.4, -0.2) is 51.0 Å². The molecule has 11 heteroatoms. The van der Waals surface area contributed by atoms with Crippen LogP contribution in [-0.2, 0) is 10.0 Å². The van der Waals surface area contributed by atoms with Crippen molar-refractivity contribution in [3.63, 3.8) is 0 Å². The highest BCUT2D eigenvalue weighted by Crippen LogP contribution is 2.12. The number of anilines is 1. The number of H-pyrrole nitrogens is 1. The highest BCUT2D eigenvalue weighted by atomic mass is 32.2. The van der Waals surface area contributed by atoms with Gasteiger partial charge in [0.25, 0.3) is 10.0 Å². The van der Waals surface area contributed by atoms with Crippen molar-refractivity contribution in [3.8, 4) is 5.82 Å². The lowest BCUT2D eigenvalue weighted by Gasteiger charge is -2.10. The van der Waals surface area contributed by atoms with Gasteiger partial charge in [0.15, 0.2) is 5.03 Å². The van der Waals surface area contributed by atoms with Crippen LogP contribution in [0.4, 0.5) is 5.82 Å². The van der Waals surface area contributed by atoms with Gasteiger partial charge in [0, 0.05) is 31.5 Å². The second-order valence-corrected chi connectivity index (χ2v) is 6.98. The van der Waals surface area contributed by atoms with Crippen LogP contribution in [0.5, 0.6) is 0 Å². The average Bonchev–Trinajstić information content (AvgIpc) is 3.23. The van der Waals surface area contributed by atoms with E-state index in [1.165, 1.54) is 12.5 Å². The summed E-state index contributed by atoms with van der Waals surface area (Å²) in [6.07, 6.45) is 6.09. The standard InChI is InChI=1S/C14H18N8O2S/c1-10-20-12(7-13(21-10)22-6-5-16-11(22)2)17-3-4-19-25(23,24)14-8-15-9-18-14/h5-9,19H,3-4H2,1-2H3,(H,15,18)(H,17,20,21). The molecule has 10 nitrogen and oxygen atoms in total. The van der Waals surface area contributed by atoms with Crippen LogP contribution in [0.25, 0.3) is 5.82 Å². The Morgan fingerprint density at radius 1 is 1.24 bits per heavy atom. The van der Waals surface area contributed by atoms with Crippen LogP contribution < -0.4 is 10.0 Å². The molecule has 0 bridgehead atoms. The third kappa shape index (κ3) is 4.00. The number of aryl methyl sites for hydroxylation is 2. The maximum absolute atomic E-state index is 12.0. The van der Waals surface area contributed by atoms with Crippen LogP contribution in [0, 0.1) is 13.8 Å². The fourth-order valence-corrected chi connectivity index (χ4v) is 3.16. The molecule has 0 atom stereocenters. The van der Waals surface area contributed by atoms with Crippen LogP contribution in [0.3, 0.4) is 0 Å². The molecular weight excluding hydrogens is 344 g/mol. The van der Waals surface area contributed by atoms with Crippen LogP contribution >= 0.6 is 0 Å². The van der Waals surface area contributed by atoms with E-state index in [1.54, 1.807) is 19.2 Å². The fourth-order valence-electron chi connectivity index (χ4n) is 2.23. The van der Waals surface area contributed by atoms with E-state index in [9.17, 15) is 8.42 Å². The summed E-state index contributed by atoms with van der Waals surface area (Å²) in [6.45, 7) is 4.24. The molecule has 0 saturated carbocycles. The highest BCUT2D eigenvalue weighted by Gasteiger charge is 2.14. The number of aromatic amines is 1. The molecule has 0 amide bonds. The molecule has 0 aliphatic rings. The molecule has 3 aromatic rings. The second kappa shape index (κ2) is 6.99. The summed E-state index contributed by atoms with van der Waals surface area (Å²) in [5, 5.41) is 3.12. The summed E-state index contributed by atoms with van der Waals surface area (Å²) >= 11 is 0. The van der Waals surface area contributed by atoms with Crippen molar-refractivity contribution in [2.45, 2.75) is 18.9 Å². The van der Waals surface area contributed by atoms with Crippen molar-refractivity contribution in [3.05, 3.63) is 42.6 Å². The zero-order chi connectivity index (χ0) is 17.9. The largest absolute Gasteiger partial charge is 0.369 e. The first kappa shape index (κ1) is 17.0. The van der Waals surface area contributed by atoms with Gasteiger partial charge in [-0.1, -0.05) is 0 Å². The molecule has 0 aliphatic heterocycles. The summed E-state index contributed by atoms with van der Waals surface area (Å²) in [4.78, 5) is 19.1. The molecule has 3 aromatic heterocycles. The third-order valence-electron chi connectivity index (χ3n) is 3.38. The zero-order valence-electron chi connectivity index (χ0n) is 13.8. The molecule has 25 heavy (non-hydrogen) atoms. The number of hydrogen-bond donors (Lipinski definition) is 3. The van der Waals surface area contributed by atoms with Gasteiger partial charge in [0.2, 0.25) is 0 Å². The van der Waals surface area contributed by atoms with Crippen molar-refractivity contribution in [2.24, 2.45) is 0 Å². The molecule has 0 saturated heterocycles. The van der Waals surface area contributed by atoms with Crippen LogP contribution in [0.15, 0.2) is 36.0 Å². The quantitative estimate of drug-likeness (QED) is 0.518. The van der Waals surface area contributed by atoms with Gasteiger partial charge in [-0.3, -0.25) is 4.57 Å². The lowest BCUT2D eigenvalue weighted by Crippen LogP contribution is -2.29. The molecular formula is C14H18N8O2S. The monoisotopic (exact) mass is 362 g/mol. The Morgan fingerprint density at radius 2 is 2.08 bits per heavy atom. The van der Waals surface area contributed by atoms with E-state index < -0.39 is 10.0 Å². The number of sulfonamides is 1. The Labute approximate surface area is 144 Å². The van der Waals surface area contributed by atoms with Crippen molar-refractivity contribution < 1.29 is 8.42 Å². The van der Waals surface area contributed by atoms with Gasteiger partial charge in [0.1, 0.15) is 23.3 Å². The Bertz CT molecular complexity index is 949. The van der Waals surface area contributed by atoms with E-state index in [2.05, 4.69) is 35.0 Å². The molecule has 0 radical (unpaired) electrons. The van der Waals surface area contributed by atoms with E-state index >= 15 is 0 Å². The average molecular weight is 362 g/mol. The third-order valence-corrected chi connectivity index (χ3v) is 4.77. The molecule has 132 valence electrons. The molecule has 0 aromatic carbocycles. The topological polar surface area (TPSA) is 130 Å². The Hall–Kier alpha value is -2.79. The highest BCUT2D eigenvalue weighted by molar-refractivity contribution is 7.89. The molecule has 0 unspecified atom stereocenters. The smallest absolute Gasteiger partial charge is 0.257 e. The van der Waals surface area contributed by atoms with E-state index in [0.717, 1.165) is 5.82 Å². The maximum atomic E-state index is 12.0. The summed E-state index contributed by atoms with van der Waals surface area (Å²) < 4.78 is 28.2. The second-order valence-electron chi connectivity index (χ2n) is 5.24. The first-order valence-corrected chi connectivity index (χ1v) is 9.02. The van der Waals surface area contributed by atoms with E-state index in [4.69, 9.17) is 0 Å². The number of hydrogen-bond acceptors (Lipinski definition) is 7. The minimum Gasteiger partial charge on any atom is -0.369 e. The Kier molecular flexibility index (Phi) is 4.76. The summed E-state index contributed by atoms with van der Waals surface area (Å²) in [7, 11) is -3.58. The van der Waals surface area contributed by atoms with Gasteiger partial charge in [0.05, 0.1) is 12.5 Å². The number of aromatic nitrogens is 6. The molecule has 3 rings (SSSR count). The summed E-state index contributed by atoms with van der Waals surface area (Å²) in [6, 6.07) is 1.78. The van der Waals surface area contributed by atoms with Gasteiger partial charge < -0.3 is 10.3 Å². The molecule has 0 aliphatic carbocycles. The molecule has 3 heterocycles. The predicted octanol–water partition coefficient (Wildman–Crippen LogP) is 0.393. The molecule has 0 fully saturated rings. The lowest BCUT2D eigenvalue weighted by atomic mass is 10.4. The van der Waals surface area contributed by atoms with Gasteiger partial charge in [-0.05, 0) is 13.8 Å². The minimum absolute atomic E-state index is 0.0308. The van der Waals surface area contributed by atoms with Gasteiger partial charge in [-0.25, -0.2) is 33.1 Å². The van der Waals surface area contributed by atoms with Crippen LogP contribution in [0.2, 0.25) is 0 Å². The fraction of sp³-hybridized carbons (Fsp3) is 0.286. The van der Waals surface area contributed by atoms with Crippen molar-refractivity contribution >= 4 is 15.8 Å². The van der Waals surface area contributed by atoms with Gasteiger partial charge in [-0.15, -0.1) is 0 Å². The van der Waals surface area contributed by atoms with Gasteiger partial charge >= 0.3 is 0 Å². The first-order valence-electron chi connectivity index (χ1n) is 7.53. The number of nitrogens with one attached hydrogen (secondary N) is 3. The van der Waals surface area contributed by atoms with E-state index in [-0.39, 0.29) is 11.6 Å². The van der Waals surface area contributed by atoms with Gasteiger partial charge in [-0.2, -0.15) is 0 Å². The SMILES string of the molecule is Cc1nc(NCCNS(=O)(=O)c2cnc[nH]2)cc(-n2ccnc2C)n1. The molecule has 3 N–H and O–H groups in total. The summed E-state index contributed by atoms with van der Waals surface area (Å²) in [5.41, 5.74) is 0. The first-order chi connectivity index (χ1) is 12.0. The number of imidazole rings is 2. The van der Waals surface area contributed by atoms with E-state index in [1.807, 2.05) is 17.7 Å². The number of nitrogens with zero attached hydrogens (tertiary/aromatic N) is 5. The maximum Gasteiger partial charge on any atom is 0.257 e. The zero-order valence-corrected chi connectivity index (χ0v) is 14.6. The lowest BCUT2D eigenvalue weighted by molar-refractivity contribution is 0.579.